The number of hydrogen-bond acceptors (Lipinski definition) is 2. The van der Waals surface area contributed by atoms with Crippen molar-refractivity contribution >= 4 is 17.7 Å². The Morgan fingerprint density at radius 3 is 2.24 bits per heavy atom. The van der Waals surface area contributed by atoms with Crippen LogP contribution in [0.2, 0.25) is 0 Å². The van der Waals surface area contributed by atoms with Crippen LogP contribution >= 0.6 is 0 Å². The molecular weight excluding hydrogens is 268 g/mol. The zero-order valence-electron chi connectivity index (χ0n) is 12.7. The molecule has 2 amide bonds. The molecule has 21 heavy (non-hydrogen) atoms. The predicted octanol–water partition coefficient (Wildman–Crippen LogP) is 2.99. The van der Waals surface area contributed by atoms with E-state index in [-0.39, 0.29) is 11.9 Å². The van der Waals surface area contributed by atoms with Crippen LogP contribution in [0, 0.1) is 11.8 Å². The van der Waals surface area contributed by atoms with E-state index in [1.165, 1.54) is 5.56 Å². The van der Waals surface area contributed by atoms with E-state index in [0.717, 1.165) is 5.69 Å². The van der Waals surface area contributed by atoms with E-state index in [4.69, 9.17) is 5.11 Å². The Morgan fingerprint density at radius 2 is 1.76 bits per heavy atom. The Labute approximate surface area is 125 Å². The molecule has 1 unspecified atom stereocenters. The number of carboxylic acids is 1. The van der Waals surface area contributed by atoms with Gasteiger partial charge in [-0.15, -0.1) is 0 Å². The van der Waals surface area contributed by atoms with Gasteiger partial charge in [-0.25, -0.2) is 4.79 Å². The summed E-state index contributed by atoms with van der Waals surface area (Å²) in [6, 6.07) is 7.63. The highest BCUT2D eigenvalue weighted by Crippen LogP contribution is 2.25. The lowest BCUT2D eigenvalue weighted by molar-refractivity contribution is -0.144. The molecule has 0 radical (unpaired) electrons. The SMILES string of the molecule is CC(C)c1ccc(NC(=O)N2CC(C(C)C(=O)O)C2)cc1. The van der Waals surface area contributed by atoms with Crippen LogP contribution < -0.4 is 5.32 Å². The lowest BCUT2D eigenvalue weighted by Gasteiger charge is -2.41. The van der Waals surface area contributed by atoms with Gasteiger partial charge in [0.15, 0.2) is 0 Å². The number of nitrogens with zero attached hydrogens (tertiary/aromatic N) is 1. The van der Waals surface area contributed by atoms with Crippen molar-refractivity contribution in [3.63, 3.8) is 0 Å². The van der Waals surface area contributed by atoms with E-state index in [9.17, 15) is 9.59 Å². The van der Waals surface area contributed by atoms with Crippen LogP contribution in [-0.4, -0.2) is 35.1 Å². The van der Waals surface area contributed by atoms with Gasteiger partial charge in [0, 0.05) is 24.7 Å². The number of hydrogen-bond donors (Lipinski definition) is 2. The number of nitrogens with one attached hydrogen (secondary N) is 1. The van der Waals surface area contributed by atoms with Gasteiger partial charge in [0.2, 0.25) is 0 Å². The second-order valence-electron chi connectivity index (χ2n) is 6.00. The first-order valence-electron chi connectivity index (χ1n) is 7.27. The maximum Gasteiger partial charge on any atom is 0.321 e. The van der Waals surface area contributed by atoms with Gasteiger partial charge >= 0.3 is 12.0 Å². The van der Waals surface area contributed by atoms with Crippen molar-refractivity contribution in [1.29, 1.82) is 0 Å². The highest BCUT2D eigenvalue weighted by atomic mass is 16.4. The normalized spacial score (nSPS) is 16.5. The van der Waals surface area contributed by atoms with Gasteiger partial charge in [-0.1, -0.05) is 32.9 Å². The molecule has 0 spiro atoms. The first-order valence-corrected chi connectivity index (χ1v) is 7.27. The quantitative estimate of drug-likeness (QED) is 0.895. The van der Waals surface area contributed by atoms with Gasteiger partial charge in [0.05, 0.1) is 5.92 Å². The van der Waals surface area contributed by atoms with Gasteiger partial charge in [0.25, 0.3) is 0 Å². The molecular formula is C16H22N2O3. The summed E-state index contributed by atoms with van der Waals surface area (Å²) in [6.45, 7) is 6.94. The van der Waals surface area contributed by atoms with Crippen LogP contribution in [0.5, 0.6) is 0 Å². The highest BCUT2D eigenvalue weighted by molar-refractivity contribution is 5.90. The van der Waals surface area contributed by atoms with Crippen LogP contribution in [0.25, 0.3) is 0 Å². The topological polar surface area (TPSA) is 69.6 Å². The molecule has 5 heteroatoms. The number of carboxylic acid groups (broad SMARTS) is 1. The maximum atomic E-state index is 12.0. The fraction of sp³-hybridized carbons (Fsp3) is 0.500. The molecule has 1 atom stereocenters. The average Bonchev–Trinajstić information content (AvgIpc) is 2.37. The molecule has 1 aromatic rings. The molecule has 0 saturated carbocycles. The Morgan fingerprint density at radius 1 is 1.19 bits per heavy atom. The minimum atomic E-state index is -0.802. The van der Waals surface area contributed by atoms with E-state index in [1.54, 1.807) is 11.8 Å². The Bertz CT molecular complexity index is 519. The minimum Gasteiger partial charge on any atom is -0.481 e. The number of carbonyl (C=O) groups is 2. The number of likely N-dealkylation sites (tertiary alicyclic amines) is 1. The first-order chi connectivity index (χ1) is 9.88. The van der Waals surface area contributed by atoms with Crippen molar-refractivity contribution in [2.75, 3.05) is 18.4 Å². The number of carbonyl (C=O) groups excluding carboxylic acids is 1. The largest absolute Gasteiger partial charge is 0.481 e. The van der Waals surface area contributed by atoms with Crippen molar-refractivity contribution < 1.29 is 14.7 Å². The molecule has 1 aliphatic heterocycles. The summed E-state index contributed by atoms with van der Waals surface area (Å²) in [7, 11) is 0. The predicted molar refractivity (Wildman–Crippen MR) is 81.4 cm³/mol. The molecule has 1 heterocycles. The van der Waals surface area contributed by atoms with Crippen molar-refractivity contribution in [2.24, 2.45) is 11.8 Å². The van der Waals surface area contributed by atoms with Gasteiger partial charge in [-0.2, -0.15) is 0 Å². The summed E-state index contributed by atoms with van der Waals surface area (Å²) in [6.07, 6.45) is 0. The highest BCUT2D eigenvalue weighted by Gasteiger charge is 2.37. The van der Waals surface area contributed by atoms with E-state index in [2.05, 4.69) is 19.2 Å². The molecule has 1 fully saturated rings. The van der Waals surface area contributed by atoms with Gasteiger partial charge in [0.1, 0.15) is 0 Å². The van der Waals surface area contributed by atoms with Gasteiger partial charge in [-0.3, -0.25) is 4.79 Å². The van der Waals surface area contributed by atoms with Crippen molar-refractivity contribution in [2.45, 2.75) is 26.7 Å². The summed E-state index contributed by atoms with van der Waals surface area (Å²) < 4.78 is 0. The van der Waals surface area contributed by atoms with Gasteiger partial charge < -0.3 is 15.3 Å². The fourth-order valence-corrected chi connectivity index (χ4v) is 2.35. The Balaban J connectivity index is 1.85. The van der Waals surface area contributed by atoms with E-state index >= 15 is 0 Å². The van der Waals surface area contributed by atoms with Crippen LogP contribution in [0.4, 0.5) is 10.5 Å². The zero-order chi connectivity index (χ0) is 15.6. The molecule has 5 nitrogen and oxygen atoms in total. The third-order valence-electron chi connectivity index (χ3n) is 4.12. The lowest BCUT2D eigenvalue weighted by Crippen LogP contribution is -2.54. The molecule has 2 rings (SSSR count). The monoisotopic (exact) mass is 290 g/mol. The average molecular weight is 290 g/mol. The smallest absolute Gasteiger partial charge is 0.321 e. The third kappa shape index (κ3) is 3.54. The standard InChI is InChI=1S/C16H22N2O3/c1-10(2)12-4-6-14(7-5-12)17-16(21)18-8-13(9-18)11(3)15(19)20/h4-7,10-11,13H,8-9H2,1-3H3,(H,17,21)(H,19,20). The molecule has 1 saturated heterocycles. The third-order valence-corrected chi connectivity index (χ3v) is 4.12. The molecule has 1 aromatic carbocycles. The molecule has 1 aliphatic rings. The molecule has 0 bridgehead atoms. The molecule has 0 aliphatic carbocycles. The minimum absolute atomic E-state index is 0.0524. The second kappa shape index (κ2) is 6.16. The van der Waals surface area contributed by atoms with Crippen molar-refractivity contribution in [1.82, 2.24) is 4.90 Å². The number of anilines is 1. The second-order valence-corrected chi connectivity index (χ2v) is 6.00. The maximum absolute atomic E-state index is 12.0. The number of amides is 2. The lowest BCUT2D eigenvalue weighted by atomic mass is 9.87. The molecule has 2 N–H and O–H groups in total. The van der Waals surface area contributed by atoms with E-state index < -0.39 is 11.9 Å². The Kier molecular flexibility index (Phi) is 4.50. The van der Waals surface area contributed by atoms with Crippen LogP contribution in [0.1, 0.15) is 32.3 Å². The van der Waals surface area contributed by atoms with E-state index in [0.29, 0.717) is 19.0 Å². The summed E-state index contributed by atoms with van der Waals surface area (Å²) in [5, 5.41) is 11.8. The summed E-state index contributed by atoms with van der Waals surface area (Å²) in [5.74, 6) is -0.691. The zero-order valence-corrected chi connectivity index (χ0v) is 12.7. The fourth-order valence-electron chi connectivity index (χ4n) is 2.35. The number of urea groups is 1. The van der Waals surface area contributed by atoms with Crippen LogP contribution in [0.3, 0.4) is 0 Å². The number of rotatable bonds is 4. The van der Waals surface area contributed by atoms with E-state index in [1.807, 2.05) is 24.3 Å². The van der Waals surface area contributed by atoms with Crippen LogP contribution in [0.15, 0.2) is 24.3 Å². The summed E-state index contributed by atoms with van der Waals surface area (Å²) >= 11 is 0. The molecule has 0 aromatic heterocycles. The first kappa shape index (κ1) is 15.4. The Hall–Kier alpha value is -2.04. The summed E-state index contributed by atoms with van der Waals surface area (Å²) in [4.78, 5) is 24.5. The van der Waals surface area contributed by atoms with Crippen molar-refractivity contribution in [3.05, 3.63) is 29.8 Å². The van der Waals surface area contributed by atoms with Gasteiger partial charge in [-0.05, 0) is 23.6 Å². The summed E-state index contributed by atoms with van der Waals surface area (Å²) in [5.41, 5.74) is 1.99. The molecule has 114 valence electrons. The number of benzene rings is 1. The van der Waals surface area contributed by atoms with Crippen molar-refractivity contribution in [3.8, 4) is 0 Å². The van der Waals surface area contributed by atoms with Crippen LogP contribution in [-0.2, 0) is 4.79 Å². The number of aliphatic carboxylic acids is 1.